The Morgan fingerprint density at radius 3 is 2.40 bits per heavy atom. The van der Waals surface area contributed by atoms with E-state index in [4.69, 9.17) is 5.73 Å². The van der Waals surface area contributed by atoms with E-state index in [0.29, 0.717) is 11.3 Å². The van der Waals surface area contributed by atoms with Gasteiger partial charge in [-0.05, 0) is 37.5 Å². The first-order valence-electron chi connectivity index (χ1n) is 6.56. The number of aliphatic imine (C=N–C) groups is 1. The van der Waals surface area contributed by atoms with E-state index in [0.717, 1.165) is 12.4 Å². The number of nitrogens with two attached hydrogens (primary N) is 1. The first kappa shape index (κ1) is 11.0. The molecule has 0 heterocycles. The van der Waals surface area contributed by atoms with Gasteiger partial charge >= 0.3 is 0 Å². The molecule has 2 N–H and O–H groups in total. The average Bonchev–Trinajstić information content (AvgIpc) is 2.69. The number of hydrogen-bond donors (Lipinski definition) is 1. The van der Waals surface area contributed by atoms with Crippen molar-refractivity contribution in [2.45, 2.75) is 58.3 Å². The molecule has 0 amide bonds. The molecule has 15 heavy (non-hydrogen) atoms. The number of amidine groups is 1. The molecule has 0 atom stereocenters. The minimum Gasteiger partial charge on any atom is -0.387 e. The molecule has 0 spiro atoms. The Balaban J connectivity index is 1.86. The monoisotopic (exact) mass is 208 g/mol. The van der Waals surface area contributed by atoms with Gasteiger partial charge in [-0.3, -0.25) is 4.99 Å². The summed E-state index contributed by atoms with van der Waals surface area (Å²) in [7, 11) is 0. The maximum Gasteiger partial charge on any atom is 0.0968 e. The lowest BCUT2D eigenvalue weighted by molar-refractivity contribution is 0.139. The number of nitrogens with zero attached hydrogens (tertiary/aromatic N) is 1. The van der Waals surface area contributed by atoms with Gasteiger partial charge in [0.25, 0.3) is 0 Å². The van der Waals surface area contributed by atoms with Crippen LogP contribution in [-0.4, -0.2) is 12.4 Å². The largest absolute Gasteiger partial charge is 0.387 e. The molecule has 0 aliphatic heterocycles. The molecule has 0 radical (unpaired) electrons. The van der Waals surface area contributed by atoms with Crippen LogP contribution in [0.5, 0.6) is 0 Å². The minimum absolute atomic E-state index is 0.531. The zero-order valence-electron chi connectivity index (χ0n) is 9.97. The van der Waals surface area contributed by atoms with Crippen molar-refractivity contribution < 1.29 is 0 Å². The summed E-state index contributed by atoms with van der Waals surface area (Å²) in [5.74, 6) is 1.56. The fourth-order valence-corrected chi connectivity index (χ4v) is 2.91. The molecule has 86 valence electrons. The zero-order valence-corrected chi connectivity index (χ0v) is 9.97. The smallest absolute Gasteiger partial charge is 0.0968 e. The second-order valence-corrected chi connectivity index (χ2v) is 5.43. The zero-order chi connectivity index (χ0) is 10.7. The standard InChI is InChI=1S/C13H24N2/c1-2-13(8-5-9-13)10-15-12(14)11-6-3-4-7-11/h11H,2-10H2,1H3,(H2,14,15). The maximum atomic E-state index is 6.07. The van der Waals surface area contributed by atoms with Gasteiger partial charge in [0.2, 0.25) is 0 Å². The van der Waals surface area contributed by atoms with Crippen molar-refractivity contribution in [3.63, 3.8) is 0 Å². The Morgan fingerprint density at radius 2 is 1.93 bits per heavy atom. The van der Waals surface area contributed by atoms with E-state index >= 15 is 0 Å². The van der Waals surface area contributed by atoms with Crippen LogP contribution in [0.15, 0.2) is 4.99 Å². The lowest BCUT2D eigenvalue weighted by atomic mass is 9.67. The van der Waals surface area contributed by atoms with Crippen LogP contribution >= 0.6 is 0 Å². The van der Waals surface area contributed by atoms with Gasteiger partial charge in [-0.1, -0.05) is 26.2 Å². The van der Waals surface area contributed by atoms with Crippen LogP contribution in [0.2, 0.25) is 0 Å². The fourth-order valence-electron chi connectivity index (χ4n) is 2.91. The van der Waals surface area contributed by atoms with E-state index in [1.165, 1.54) is 51.4 Å². The van der Waals surface area contributed by atoms with Crippen LogP contribution in [0.25, 0.3) is 0 Å². The second kappa shape index (κ2) is 4.54. The van der Waals surface area contributed by atoms with Crippen molar-refractivity contribution in [3.05, 3.63) is 0 Å². The van der Waals surface area contributed by atoms with Crippen molar-refractivity contribution in [3.8, 4) is 0 Å². The predicted molar refractivity (Wildman–Crippen MR) is 65.0 cm³/mol. The Labute approximate surface area is 93.3 Å². The minimum atomic E-state index is 0.531. The average molecular weight is 208 g/mol. The summed E-state index contributed by atoms with van der Waals surface area (Å²) in [5, 5.41) is 0. The van der Waals surface area contributed by atoms with Crippen molar-refractivity contribution in [1.82, 2.24) is 0 Å². The van der Waals surface area contributed by atoms with E-state index in [1.807, 2.05) is 0 Å². The van der Waals surface area contributed by atoms with Crippen LogP contribution in [0.4, 0.5) is 0 Å². The fraction of sp³-hybridized carbons (Fsp3) is 0.923. The third-order valence-corrected chi connectivity index (χ3v) is 4.53. The molecule has 0 unspecified atom stereocenters. The van der Waals surface area contributed by atoms with Crippen molar-refractivity contribution in [2.75, 3.05) is 6.54 Å². The van der Waals surface area contributed by atoms with E-state index in [9.17, 15) is 0 Å². The second-order valence-electron chi connectivity index (χ2n) is 5.43. The van der Waals surface area contributed by atoms with Crippen molar-refractivity contribution in [2.24, 2.45) is 22.1 Å². The molecule has 0 aromatic rings. The van der Waals surface area contributed by atoms with Crippen molar-refractivity contribution in [1.29, 1.82) is 0 Å². The summed E-state index contributed by atoms with van der Waals surface area (Å²) in [6.07, 6.45) is 10.6. The molecule has 2 fully saturated rings. The predicted octanol–water partition coefficient (Wildman–Crippen LogP) is 3.11. The van der Waals surface area contributed by atoms with Gasteiger partial charge in [0.05, 0.1) is 5.84 Å². The highest BCUT2D eigenvalue weighted by molar-refractivity contribution is 5.83. The van der Waals surface area contributed by atoms with Gasteiger partial charge < -0.3 is 5.73 Å². The van der Waals surface area contributed by atoms with Crippen LogP contribution in [0.1, 0.15) is 58.3 Å². The van der Waals surface area contributed by atoms with Crippen LogP contribution in [0, 0.1) is 11.3 Å². The third kappa shape index (κ3) is 2.35. The van der Waals surface area contributed by atoms with Crippen molar-refractivity contribution >= 4 is 5.84 Å². The van der Waals surface area contributed by atoms with Crippen LogP contribution in [-0.2, 0) is 0 Å². The molecule has 0 aromatic heterocycles. The molecular formula is C13H24N2. The quantitative estimate of drug-likeness (QED) is 0.559. The Bertz CT molecular complexity index is 229. The van der Waals surface area contributed by atoms with Gasteiger partial charge in [0.15, 0.2) is 0 Å². The Hall–Kier alpha value is -0.530. The van der Waals surface area contributed by atoms with Gasteiger partial charge in [-0.15, -0.1) is 0 Å². The topological polar surface area (TPSA) is 38.4 Å². The summed E-state index contributed by atoms with van der Waals surface area (Å²) in [6.45, 7) is 3.28. The van der Waals surface area contributed by atoms with E-state index in [2.05, 4.69) is 11.9 Å². The molecule has 2 aliphatic rings. The number of hydrogen-bond acceptors (Lipinski definition) is 1. The molecular weight excluding hydrogens is 184 g/mol. The molecule has 2 rings (SSSR count). The molecule has 0 saturated heterocycles. The normalized spacial score (nSPS) is 26.6. The molecule has 0 aromatic carbocycles. The molecule has 2 nitrogen and oxygen atoms in total. The lowest BCUT2D eigenvalue weighted by Crippen LogP contribution is -2.33. The molecule has 0 bridgehead atoms. The SMILES string of the molecule is CCC1(CN=C(N)C2CCCC2)CCC1. The summed E-state index contributed by atoms with van der Waals surface area (Å²) >= 11 is 0. The summed E-state index contributed by atoms with van der Waals surface area (Å²) in [5.41, 5.74) is 6.60. The first-order valence-corrected chi connectivity index (χ1v) is 6.56. The Morgan fingerprint density at radius 1 is 1.27 bits per heavy atom. The number of rotatable bonds is 4. The molecule has 2 heteroatoms. The van der Waals surface area contributed by atoms with E-state index in [-0.39, 0.29) is 0 Å². The van der Waals surface area contributed by atoms with E-state index < -0.39 is 0 Å². The van der Waals surface area contributed by atoms with Crippen LogP contribution in [0.3, 0.4) is 0 Å². The molecule has 2 saturated carbocycles. The van der Waals surface area contributed by atoms with Gasteiger partial charge in [-0.2, -0.15) is 0 Å². The summed E-state index contributed by atoms with van der Waals surface area (Å²) in [6, 6.07) is 0. The van der Waals surface area contributed by atoms with Gasteiger partial charge in [-0.25, -0.2) is 0 Å². The molecule has 2 aliphatic carbocycles. The van der Waals surface area contributed by atoms with Crippen LogP contribution < -0.4 is 5.73 Å². The summed E-state index contributed by atoms with van der Waals surface area (Å²) in [4.78, 5) is 4.67. The highest BCUT2D eigenvalue weighted by atomic mass is 14.9. The van der Waals surface area contributed by atoms with Gasteiger partial charge in [0, 0.05) is 12.5 Å². The summed E-state index contributed by atoms with van der Waals surface area (Å²) < 4.78 is 0. The highest BCUT2D eigenvalue weighted by Gasteiger charge is 2.34. The third-order valence-electron chi connectivity index (χ3n) is 4.53. The lowest BCUT2D eigenvalue weighted by Gasteiger charge is -2.40. The van der Waals surface area contributed by atoms with Gasteiger partial charge in [0.1, 0.15) is 0 Å². The highest BCUT2D eigenvalue weighted by Crippen LogP contribution is 2.44. The Kier molecular flexibility index (Phi) is 3.32. The van der Waals surface area contributed by atoms with E-state index in [1.54, 1.807) is 0 Å². The first-order chi connectivity index (χ1) is 7.26. The maximum absolute atomic E-state index is 6.07.